The van der Waals surface area contributed by atoms with E-state index in [4.69, 9.17) is 4.42 Å². The molecule has 156 valence electrons. The lowest BCUT2D eigenvalue weighted by molar-refractivity contribution is -0.140. The first-order valence-corrected chi connectivity index (χ1v) is 11.1. The maximum atomic E-state index is 12.9. The van der Waals surface area contributed by atoms with Crippen molar-refractivity contribution in [3.63, 3.8) is 0 Å². The number of likely N-dealkylation sites (tertiary alicyclic amines) is 2. The molecule has 2 saturated heterocycles. The highest BCUT2D eigenvalue weighted by Crippen LogP contribution is 2.28. The van der Waals surface area contributed by atoms with Gasteiger partial charge >= 0.3 is 0 Å². The van der Waals surface area contributed by atoms with Crippen LogP contribution in [0.1, 0.15) is 55.2 Å². The molecule has 0 N–H and O–H groups in total. The summed E-state index contributed by atoms with van der Waals surface area (Å²) in [5, 5.41) is 1.03. The fraction of sp³-hybridized carbons (Fsp3) is 0.583. The normalized spacial score (nSPS) is 18.8. The predicted octanol–water partition coefficient (Wildman–Crippen LogP) is 4.23. The van der Waals surface area contributed by atoms with Gasteiger partial charge < -0.3 is 14.2 Å². The fourth-order valence-electron chi connectivity index (χ4n) is 4.73. The predicted molar refractivity (Wildman–Crippen MR) is 114 cm³/mol. The van der Waals surface area contributed by atoms with Gasteiger partial charge in [0.25, 0.3) is 0 Å². The van der Waals surface area contributed by atoms with Crippen molar-refractivity contribution in [3.8, 4) is 0 Å². The molecule has 0 spiro atoms. The summed E-state index contributed by atoms with van der Waals surface area (Å²) in [6, 6.07) is 4.14. The Hall–Kier alpha value is -2.30. The molecule has 1 aromatic carbocycles. The zero-order valence-corrected chi connectivity index (χ0v) is 17.7. The van der Waals surface area contributed by atoms with Crippen LogP contribution < -0.4 is 0 Å². The number of aryl methyl sites for hydroxylation is 2. The zero-order chi connectivity index (χ0) is 20.4. The van der Waals surface area contributed by atoms with E-state index in [9.17, 15) is 9.59 Å². The maximum absolute atomic E-state index is 12.9. The summed E-state index contributed by atoms with van der Waals surface area (Å²) in [7, 11) is 0. The van der Waals surface area contributed by atoms with Crippen LogP contribution in [0.2, 0.25) is 0 Å². The molecule has 0 saturated carbocycles. The van der Waals surface area contributed by atoms with Crippen LogP contribution >= 0.6 is 0 Å². The van der Waals surface area contributed by atoms with Gasteiger partial charge in [0.2, 0.25) is 11.8 Å². The fourth-order valence-corrected chi connectivity index (χ4v) is 4.73. The van der Waals surface area contributed by atoms with Crippen LogP contribution in [-0.4, -0.2) is 47.8 Å². The molecular formula is C24H32N2O3. The van der Waals surface area contributed by atoms with Crippen molar-refractivity contribution >= 4 is 22.8 Å². The standard InChI is InChI=1S/C24H32N2O3/c1-17-7-8-21-20(16-29-23(21)18(17)2)15-22(27)25-13-9-19(10-14-25)24(28)26-11-5-3-4-6-12-26/h7-8,16,19H,3-6,9-15H2,1-2H3. The van der Waals surface area contributed by atoms with Crippen molar-refractivity contribution in [1.82, 2.24) is 9.80 Å². The van der Waals surface area contributed by atoms with E-state index in [0.29, 0.717) is 25.4 Å². The highest BCUT2D eigenvalue weighted by molar-refractivity contribution is 5.89. The molecule has 0 unspecified atom stereocenters. The van der Waals surface area contributed by atoms with E-state index in [2.05, 4.69) is 30.9 Å². The van der Waals surface area contributed by atoms with Gasteiger partial charge in [-0.2, -0.15) is 0 Å². The third-order valence-electron chi connectivity index (χ3n) is 6.80. The Labute approximate surface area is 173 Å². The topological polar surface area (TPSA) is 53.8 Å². The largest absolute Gasteiger partial charge is 0.464 e. The van der Waals surface area contributed by atoms with E-state index >= 15 is 0 Å². The van der Waals surface area contributed by atoms with Gasteiger partial charge in [0, 0.05) is 43.0 Å². The van der Waals surface area contributed by atoms with E-state index < -0.39 is 0 Å². The Balaban J connectivity index is 1.35. The summed E-state index contributed by atoms with van der Waals surface area (Å²) in [5.41, 5.74) is 4.17. The summed E-state index contributed by atoms with van der Waals surface area (Å²) in [6.07, 6.45) is 8.38. The molecule has 1 aromatic heterocycles. The summed E-state index contributed by atoms with van der Waals surface area (Å²) in [5.74, 6) is 0.523. The van der Waals surface area contributed by atoms with Crippen molar-refractivity contribution < 1.29 is 14.0 Å². The molecule has 2 aliphatic heterocycles. The first kappa shape index (κ1) is 20.0. The molecule has 2 amide bonds. The van der Waals surface area contributed by atoms with Crippen LogP contribution in [0.4, 0.5) is 0 Å². The van der Waals surface area contributed by atoms with Gasteiger partial charge in [0.1, 0.15) is 5.58 Å². The lowest BCUT2D eigenvalue weighted by Gasteiger charge is -2.34. The zero-order valence-electron chi connectivity index (χ0n) is 17.7. The van der Waals surface area contributed by atoms with E-state index in [1.165, 1.54) is 18.4 Å². The lowest BCUT2D eigenvalue weighted by Crippen LogP contribution is -2.45. The van der Waals surface area contributed by atoms with E-state index in [-0.39, 0.29) is 11.8 Å². The minimum atomic E-state index is 0.0810. The molecule has 0 aliphatic carbocycles. The average Bonchev–Trinajstić information content (AvgIpc) is 2.95. The van der Waals surface area contributed by atoms with Gasteiger partial charge in [-0.3, -0.25) is 9.59 Å². The number of carbonyl (C=O) groups is 2. The quantitative estimate of drug-likeness (QED) is 0.780. The minimum Gasteiger partial charge on any atom is -0.464 e. The molecule has 2 aliphatic rings. The number of furan rings is 1. The smallest absolute Gasteiger partial charge is 0.227 e. The molecule has 4 rings (SSSR count). The van der Waals surface area contributed by atoms with Crippen molar-refractivity contribution in [2.75, 3.05) is 26.2 Å². The monoisotopic (exact) mass is 396 g/mol. The molecule has 0 bridgehead atoms. The Morgan fingerprint density at radius 1 is 0.966 bits per heavy atom. The first-order valence-electron chi connectivity index (χ1n) is 11.1. The van der Waals surface area contributed by atoms with Crippen LogP contribution in [-0.2, 0) is 16.0 Å². The van der Waals surface area contributed by atoms with Gasteiger partial charge in [-0.05, 0) is 50.7 Å². The molecule has 29 heavy (non-hydrogen) atoms. The van der Waals surface area contributed by atoms with E-state index in [0.717, 1.165) is 60.9 Å². The highest BCUT2D eigenvalue weighted by atomic mass is 16.3. The Bertz CT molecular complexity index is 885. The number of rotatable bonds is 3. The van der Waals surface area contributed by atoms with Crippen molar-refractivity contribution in [2.45, 2.75) is 58.8 Å². The molecule has 3 heterocycles. The summed E-state index contributed by atoms with van der Waals surface area (Å²) >= 11 is 0. The van der Waals surface area contributed by atoms with Crippen LogP contribution in [0, 0.1) is 19.8 Å². The Morgan fingerprint density at radius 2 is 1.66 bits per heavy atom. The Morgan fingerprint density at radius 3 is 2.34 bits per heavy atom. The number of carbonyl (C=O) groups excluding carboxylic acids is 2. The molecule has 0 radical (unpaired) electrons. The van der Waals surface area contributed by atoms with Crippen LogP contribution in [0.25, 0.3) is 11.0 Å². The summed E-state index contributed by atoms with van der Waals surface area (Å²) < 4.78 is 5.75. The van der Waals surface area contributed by atoms with Crippen LogP contribution in [0.15, 0.2) is 22.8 Å². The molecule has 2 aromatic rings. The second kappa shape index (κ2) is 8.60. The SMILES string of the molecule is Cc1ccc2c(CC(=O)N3CCC(C(=O)N4CCCCCC4)CC3)coc2c1C. The van der Waals surface area contributed by atoms with Gasteiger partial charge in [0.05, 0.1) is 12.7 Å². The highest BCUT2D eigenvalue weighted by Gasteiger charge is 2.30. The van der Waals surface area contributed by atoms with Crippen molar-refractivity contribution in [3.05, 3.63) is 35.1 Å². The minimum absolute atomic E-state index is 0.0810. The number of piperidine rings is 1. The average molecular weight is 397 g/mol. The van der Waals surface area contributed by atoms with Gasteiger partial charge in [0.15, 0.2) is 0 Å². The first-order chi connectivity index (χ1) is 14.0. The van der Waals surface area contributed by atoms with E-state index in [1.54, 1.807) is 6.26 Å². The van der Waals surface area contributed by atoms with Gasteiger partial charge in [-0.15, -0.1) is 0 Å². The Kier molecular flexibility index (Phi) is 5.93. The number of nitrogens with zero attached hydrogens (tertiary/aromatic N) is 2. The molecule has 0 atom stereocenters. The van der Waals surface area contributed by atoms with Gasteiger partial charge in [-0.1, -0.05) is 25.0 Å². The second-order valence-corrected chi connectivity index (χ2v) is 8.72. The third kappa shape index (κ3) is 4.19. The molecule has 2 fully saturated rings. The number of hydrogen-bond acceptors (Lipinski definition) is 3. The number of amides is 2. The number of fused-ring (bicyclic) bond motifs is 1. The second-order valence-electron chi connectivity index (χ2n) is 8.72. The molecule has 5 nitrogen and oxygen atoms in total. The van der Waals surface area contributed by atoms with Crippen molar-refractivity contribution in [2.24, 2.45) is 5.92 Å². The third-order valence-corrected chi connectivity index (χ3v) is 6.80. The maximum Gasteiger partial charge on any atom is 0.227 e. The van der Waals surface area contributed by atoms with E-state index in [1.807, 2.05) is 4.90 Å². The van der Waals surface area contributed by atoms with Crippen LogP contribution in [0.3, 0.4) is 0 Å². The summed E-state index contributed by atoms with van der Waals surface area (Å²) in [6.45, 7) is 7.29. The molecule has 5 heteroatoms. The van der Waals surface area contributed by atoms with Gasteiger partial charge in [-0.25, -0.2) is 0 Å². The lowest BCUT2D eigenvalue weighted by atomic mass is 9.94. The summed E-state index contributed by atoms with van der Waals surface area (Å²) in [4.78, 5) is 29.7. The number of hydrogen-bond donors (Lipinski definition) is 0. The number of benzene rings is 1. The van der Waals surface area contributed by atoms with Crippen LogP contribution in [0.5, 0.6) is 0 Å². The molecular weight excluding hydrogens is 364 g/mol. The van der Waals surface area contributed by atoms with Crippen molar-refractivity contribution in [1.29, 1.82) is 0 Å².